The molecule has 2 amide bonds. The molecule has 23 heavy (non-hydrogen) atoms. The van der Waals surface area contributed by atoms with Crippen LogP contribution in [0.3, 0.4) is 0 Å². The predicted molar refractivity (Wildman–Crippen MR) is 89.4 cm³/mol. The summed E-state index contributed by atoms with van der Waals surface area (Å²) in [6.45, 7) is 1.72. The van der Waals surface area contributed by atoms with Crippen LogP contribution in [-0.2, 0) is 16.1 Å². The van der Waals surface area contributed by atoms with E-state index in [1.807, 2.05) is 43.3 Å². The van der Waals surface area contributed by atoms with Crippen LogP contribution < -0.4 is 15.1 Å². The molecule has 1 aromatic carbocycles. The first-order valence-electron chi connectivity index (χ1n) is 7.32. The maximum Gasteiger partial charge on any atom is 0.240 e. The fourth-order valence-electron chi connectivity index (χ4n) is 2.11. The van der Waals surface area contributed by atoms with Crippen LogP contribution in [0.5, 0.6) is 0 Å². The van der Waals surface area contributed by atoms with Crippen LogP contribution in [0.25, 0.3) is 0 Å². The van der Waals surface area contributed by atoms with Gasteiger partial charge in [-0.25, -0.2) is 0 Å². The van der Waals surface area contributed by atoms with Crippen molar-refractivity contribution in [3.05, 3.63) is 48.4 Å². The highest BCUT2D eigenvalue weighted by molar-refractivity contribution is 5.97. The van der Waals surface area contributed by atoms with E-state index >= 15 is 0 Å². The van der Waals surface area contributed by atoms with Crippen LogP contribution in [0.15, 0.2) is 47.1 Å². The number of hydrogen-bond donors (Lipinski definition) is 1. The zero-order chi connectivity index (χ0) is 16.8. The molecule has 1 aromatic heterocycles. The summed E-state index contributed by atoms with van der Waals surface area (Å²) in [5.41, 5.74) is 1.72. The molecule has 0 radical (unpaired) electrons. The molecule has 0 aliphatic heterocycles. The van der Waals surface area contributed by atoms with E-state index in [9.17, 15) is 9.59 Å². The van der Waals surface area contributed by atoms with Gasteiger partial charge in [-0.1, -0.05) is 0 Å². The summed E-state index contributed by atoms with van der Waals surface area (Å²) in [5.74, 6) is 0.243. The number of anilines is 2. The van der Waals surface area contributed by atoms with Gasteiger partial charge in [0.15, 0.2) is 0 Å². The van der Waals surface area contributed by atoms with Crippen molar-refractivity contribution in [2.24, 2.45) is 0 Å². The Kier molecular flexibility index (Phi) is 5.41. The topological polar surface area (TPSA) is 65.8 Å². The summed E-state index contributed by atoms with van der Waals surface area (Å²) in [4.78, 5) is 27.3. The minimum atomic E-state index is -0.242. The lowest BCUT2D eigenvalue weighted by Crippen LogP contribution is -2.39. The number of carbonyl (C=O) groups excluding carboxylic acids is 2. The van der Waals surface area contributed by atoms with Gasteiger partial charge in [0.05, 0.1) is 12.8 Å². The van der Waals surface area contributed by atoms with E-state index in [0.29, 0.717) is 18.0 Å². The van der Waals surface area contributed by atoms with Gasteiger partial charge < -0.3 is 19.5 Å². The Morgan fingerprint density at radius 3 is 2.26 bits per heavy atom. The minimum absolute atomic E-state index is 0.0304. The van der Waals surface area contributed by atoms with Crippen molar-refractivity contribution in [1.82, 2.24) is 5.32 Å². The van der Waals surface area contributed by atoms with Crippen molar-refractivity contribution in [3.63, 3.8) is 0 Å². The second kappa shape index (κ2) is 7.49. The van der Waals surface area contributed by atoms with Crippen molar-refractivity contribution in [2.75, 3.05) is 30.4 Å². The van der Waals surface area contributed by atoms with E-state index < -0.39 is 0 Å². The quantitative estimate of drug-likeness (QED) is 0.885. The Morgan fingerprint density at radius 1 is 1.09 bits per heavy atom. The van der Waals surface area contributed by atoms with Gasteiger partial charge in [0.1, 0.15) is 12.3 Å². The van der Waals surface area contributed by atoms with E-state index in [1.165, 1.54) is 11.8 Å². The lowest BCUT2D eigenvalue weighted by Gasteiger charge is -2.21. The van der Waals surface area contributed by atoms with E-state index in [0.717, 1.165) is 5.69 Å². The fourth-order valence-corrected chi connectivity index (χ4v) is 2.11. The molecule has 0 aliphatic rings. The zero-order valence-corrected chi connectivity index (χ0v) is 13.6. The predicted octanol–water partition coefficient (Wildman–Crippen LogP) is 2.01. The average molecular weight is 315 g/mol. The number of nitrogens with one attached hydrogen (secondary N) is 1. The van der Waals surface area contributed by atoms with Crippen molar-refractivity contribution in [2.45, 2.75) is 13.5 Å². The monoisotopic (exact) mass is 315 g/mol. The molecule has 6 nitrogen and oxygen atoms in total. The highest BCUT2D eigenvalue weighted by atomic mass is 16.3. The molecule has 0 atom stereocenters. The summed E-state index contributed by atoms with van der Waals surface area (Å²) in [7, 11) is 3.89. The van der Waals surface area contributed by atoms with Gasteiger partial charge in [-0.05, 0) is 36.4 Å². The first-order valence-corrected chi connectivity index (χ1v) is 7.32. The summed E-state index contributed by atoms with van der Waals surface area (Å²) in [5, 5.41) is 2.73. The summed E-state index contributed by atoms with van der Waals surface area (Å²) in [6, 6.07) is 11.0. The van der Waals surface area contributed by atoms with E-state index in [-0.39, 0.29) is 18.4 Å². The molecule has 0 unspecified atom stereocenters. The molecular weight excluding hydrogens is 294 g/mol. The van der Waals surface area contributed by atoms with Crippen LogP contribution in [0.2, 0.25) is 0 Å². The molecule has 6 heteroatoms. The Hall–Kier alpha value is -2.76. The smallest absolute Gasteiger partial charge is 0.240 e. The molecule has 1 heterocycles. The van der Waals surface area contributed by atoms with Gasteiger partial charge in [0.2, 0.25) is 11.8 Å². The van der Waals surface area contributed by atoms with Crippen molar-refractivity contribution >= 4 is 23.2 Å². The summed E-state index contributed by atoms with van der Waals surface area (Å²) >= 11 is 0. The summed E-state index contributed by atoms with van der Waals surface area (Å²) < 4.78 is 5.16. The standard InChI is InChI=1S/C17H21N3O3/c1-13(21)20(15-8-6-14(7-9-15)19(2)3)12-17(22)18-11-16-5-4-10-23-16/h4-10H,11-12H2,1-3H3,(H,18,22). The molecule has 0 aliphatic carbocycles. The average Bonchev–Trinajstić information content (AvgIpc) is 3.04. The van der Waals surface area contributed by atoms with Gasteiger partial charge in [-0.2, -0.15) is 0 Å². The van der Waals surface area contributed by atoms with E-state index in [1.54, 1.807) is 18.4 Å². The number of nitrogens with zero attached hydrogens (tertiary/aromatic N) is 2. The van der Waals surface area contributed by atoms with E-state index in [2.05, 4.69) is 5.32 Å². The Balaban J connectivity index is 2.00. The molecule has 0 saturated heterocycles. The van der Waals surface area contributed by atoms with Crippen LogP contribution >= 0.6 is 0 Å². The first kappa shape index (κ1) is 16.6. The van der Waals surface area contributed by atoms with E-state index in [4.69, 9.17) is 4.42 Å². The number of furan rings is 1. The first-order chi connectivity index (χ1) is 11.0. The lowest BCUT2D eigenvalue weighted by atomic mass is 10.2. The van der Waals surface area contributed by atoms with Gasteiger partial charge >= 0.3 is 0 Å². The van der Waals surface area contributed by atoms with Gasteiger partial charge in [0, 0.05) is 32.4 Å². The molecule has 0 saturated carbocycles. The molecule has 122 valence electrons. The molecular formula is C17H21N3O3. The Bertz CT molecular complexity index is 648. The van der Waals surface area contributed by atoms with Gasteiger partial charge in [0.25, 0.3) is 0 Å². The molecule has 2 aromatic rings. The molecule has 0 spiro atoms. The van der Waals surface area contributed by atoms with Crippen LogP contribution in [0.4, 0.5) is 11.4 Å². The number of amides is 2. The fraction of sp³-hybridized carbons (Fsp3) is 0.294. The maximum atomic E-state index is 12.0. The van der Waals surface area contributed by atoms with Crippen LogP contribution in [0, 0.1) is 0 Å². The number of hydrogen-bond acceptors (Lipinski definition) is 4. The van der Waals surface area contributed by atoms with Gasteiger partial charge in [-0.3, -0.25) is 9.59 Å². The third-order valence-corrected chi connectivity index (χ3v) is 3.40. The molecule has 2 rings (SSSR count). The third-order valence-electron chi connectivity index (χ3n) is 3.40. The molecule has 0 fully saturated rings. The number of rotatable bonds is 6. The third kappa shape index (κ3) is 4.60. The second-order valence-electron chi connectivity index (χ2n) is 5.37. The lowest BCUT2D eigenvalue weighted by molar-refractivity contribution is -0.123. The SMILES string of the molecule is CC(=O)N(CC(=O)NCc1ccco1)c1ccc(N(C)C)cc1. The van der Waals surface area contributed by atoms with Crippen molar-refractivity contribution < 1.29 is 14.0 Å². The molecule has 0 bridgehead atoms. The Morgan fingerprint density at radius 2 is 1.74 bits per heavy atom. The second-order valence-corrected chi connectivity index (χ2v) is 5.37. The van der Waals surface area contributed by atoms with Crippen LogP contribution in [0.1, 0.15) is 12.7 Å². The van der Waals surface area contributed by atoms with Gasteiger partial charge in [-0.15, -0.1) is 0 Å². The van der Waals surface area contributed by atoms with Crippen molar-refractivity contribution in [1.29, 1.82) is 0 Å². The number of benzene rings is 1. The van der Waals surface area contributed by atoms with Crippen molar-refractivity contribution in [3.8, 4) is 0 Å². The molecule has 1 N–H and O–H groups in total. The minimum Gasteiger partial charge on any atom is -0.467 e. The normalized spacial score (nSPS) is 10.2. The maximum absolute atomic E-state index is 12.0. The Labute approximate surface area is 135 Å². The summed E-state index contributed by atoms with van der Waals surface area (Å²) in [6.07, 6.45) is 1.55. The zero-order valence-electron chi connectivity index (χ0n) is 13.6. The van der Waals surface area contributed by atoms with Crippen LogP contribution in [-0.4, -0.2) is 32.5 Å². The highest BCUT2D eigenvalue weighted by Crippen LogP contribution is 2.19. The largest absolute Gasteiger partial charge is 0.467 e. The highest BCUT2D eigenvalue weighted by Gasteiger charge is 2.16. The number of carbonyl (C=O) groups is 2.